The maximum absolute atomic E-state index is 10.0. The fraction of sp³-hybridized carbons (Fsp3) is 0.105. The van der Waals surface area contributed by atoms with Crippen LogP contribution in [0.5, 0.6) is 11.6 Å². The summed E-state index contributed by atoms with van der Waals surface area (Å²) in [7, 11) is 0. The second-order valence-electron chi connectivity index (χ2n) is 5.87. The Morgan fingerprint density at radius 2 is 1.96 bits per heavy atom. The Labute approximate surface area is 182 Å². The maximum Gasteiger partial charge on any atom is 0.247 e. The molecular formula is C19H14Br2N4O2S. The van der Waals surface area contributed by atoms with Crippen LogP contribution in [0, 0.1) is 0 Å². The summed E-state index contributed by atoms with van der Waals surface area (Å²) in [5.74, 6) is 1.20. The lowest BCUT2D eigenvalue weighted by atomic mass is 10.1. The molecule has 2 N–H and O–H groups in total. The lowest BCUT2D eigenvalue weighted by Crippen LogP contribution is -2.17. The van der Waals surface area contributed by atoms with Crippen LogP contribution >= 0.6 is 43.6 Å². The summed E-state index contributed by atoms with van der Waals surface area (Å²) in [6.07, 6.45) is 1.25. The minimum atomic E-state index is -0.537. The summed E-state index contributed by atoms with van der Waals surface area (Å²) in [4.78, 5) is 4.55. The van der Waals surface area contributed by atoms with Gasteiger partial charge in [-0.3, -0.25) is 0 Å². The van der Waals surface area contributed by atoms with E-state index in [2.05, 4.69) is 58.9 Å². The molecule has 0 radical (unpaired) electrons. The van der Waals surface area contributed by atoms with Gasteiger partial charge in [0.2, 0.25) is 11.0 Å². The molecule has 4 rings (SSSR count). The zero-order chi connectivity index (χ0) is 19.7. The van der Waals surface area contributed by atoms with Crippen molar-refractivity contribution in [2.45, 2.75) is 11.4 Å². The lowest BCUT2D eigenvalue weighted by molar-refractivity contribution is 0.225. The van der Waals surface area contributed by atoms with Gasteiger partial charge < -0.3 is 15.2 Å². The van der Waals surface area contributed by atoms with E-state index in [0.717, 1.165) is 16.8 Å². The van der Waals surface area contributed by atoms with Crippen LogP contribution in [0.3, 0.4) is 0 Å². The van der Waals surface area contributed by atoms with Crippen molar-refractivity contribution in [3.63, 3.8) is 0 Å². The summed E-state index contributed by atoms with van der Waals surface area (Å²) in [5, 5.41) is 22.5. The predicted octanol–water partition coefficient (Wildman–Crippen LogP) is 5.55. The number of aromatic nitrogens is 3. The number of fused-ring (bicyclic) bond motifs is 3. The average molecular weight is 522 g/mol. The zero-order valence-electron chi connectivity index (χ0n) is 14.4. The van der Waals surface area contributed by atoms with E-state index in [4.69, 9.17) is 4.74 Å². The van der Waals surface area contributed by atoms with Crippen LogP contribution in [-0.4, -0.2) is 26.0 Å². The monoisotopic (exact) mass is 520 g/mol. The Morgan fingerprint density at radius 3 is 2.71 bits per heavy atom. The highest BCUT2D eigenvalue weighted by Crippen LogP contribution is 2.41. The van der Waals surface area contributed by atoms with Gasteiger partial charge in [0.25, 0.3) is 0 Å². The number of nitrogens with zero attached hydrogens (tertiary/aromatic N) is 3. The number of aromatic hydroxyl groups is 1. The first-order valence-corrected chi connectivity index (χ1v) is 10.8. The Kier molecular flexibility index (Phi) is 5.56. The minimum absolute atomic E-state index is 0.130. The van der Waals surface area contributed by atoms with Crippen LogP contribution in [-0.2, 0) is 0 Å². The average Bonchev–Trinajstić information content (AvgIpc) is 2.86. The Hall–Kier alpha value is -2.10. The molecule has 28 heavy (non-hydrogen) atoms. The number of anilines is 1. The molecule has 6 nitrogen and oxygen atoms in total. The topological polar surface area (TPSA) is 80.2 Å². The van der Waals surface area contributed by atoms with Gasteiger partial charge in [-0.15, -0.1) is 16.8 Å². The van der Waals surface area contributed by atoms with E-state index in [1.54, 1.807) is 18.2 Å². The number of halogens is 2. The van der Waals surface area contributed by atoms with Crippen LogP contribution in [0.2, 0.25) is 0 Å². The number of hydrogen-bond acceptors (Lipinski definition) is 7. The van der Waals surface area contributed by atoms with Crippen molar-refractivity contribution >= 4 is 49.3 Å². The fourth-order valence-corrected chi connectivity index (χ4v) is 4.46. The molecule has 0 fully saturated rings. The van der Waals surface area contributed by atoms with Crippen LogP contribution in [0.4, 0.5) is 5.69 Å². The first-order chi connectivity index (χ1) is 13.6. The first kappa shape index (κ1) is 19.2. The predicted molar refractivity (Wildman–Crippen MR) is 117 cm³/mol. The van der Waals surface area contributed by atoms with Crippen LogP contribution in [0.15, 0.2) is 63.2 Å². The van der Waals surface area contributed by atoms with Gasteiger partial charge >= 0.3 is 0 Å². The molecule has 0 saturated carbocycles. The summed E-state index contributed by atoms with van der Waals surface area (Å²) in [6.45, 7) is 3.72. The van der Waals surface area contributed by atoms with Crippen LogP contribution < -0.4 is 10.1 Å². The molecule has 3 aromatic rings. The van der Waals surface area contributed by atoms with Crippen molar-refractivity contribution in [3.8, 4) is 22.9 Å². The second kappa shape index (κ2) is 8.10. The molecule has 1 aromatic heterocycles. The number of ether oxygens (including phenoxy) is 1. The van der Waals surface area contributed by atoms with Crippen molar-refractivity contribution in [1.82, 2.24) is 15.2 Å². The Bertz CT molecular complexity index is 1040. The molecule has 9 heteroatoms. The van der Waals surface area contributed by atoms with Gasteiger partial charge in [0.05, 0.1) is 8.95 Å². The minimum Gasteiger partial charge on any atom is -0.506 e. The molecule has 0 bridgehead atoms. The third-order valence-corrected chi connectivity index (χ3v) is 6.05. The van der Waals surface area contributed by atoms with Gasteiger partial charge in [-0.1, -0.05) is 36.0 Å². The summed E-state index contributed by atoms with van der Waals surface area (Å²) < 4.78 is 7.33. The molecule has 1 aliphatic rings. The quantitative estimate of drug-likeness (QED) is 0.344. The SMILES string of the molecule is C=CCSc1nnc2c(n1)O[C@@H](c1cc(Br)c(O)c(Br)c1)Nc1ccccc1-2. The summed E-state index contributed by atoms with van der Waals surface area (Å²) in [5.41, 5.74) is 3.09. The maximum atomic E-state index is 10.0. The van der Waals surface area contributed by atoms with Gasteiger partial charge in [-0.05, 0) is 50.1 Å². The zero-order valence-corrected chi connectivity index (χ0v) is 18.4. The largest absolute Gasteiger partial charge is 0.506 e. The number of para-hydroxylation sites is 1. The van der Waals surface area contributed by atoms with Crippen LogP contribution in [0.25, 0.3) is 11.3 Å². The van der Waals surface area contributed by atoms with E-state index in [0.29, 0.717) is 31.4 Å². The smallest absolute Gasteiger partial charge is 0.247 e. The van der Waals surface area contributed by atoms with E-state index in [1.807, 2.05) is 24.3 Å². The van der Waals surface area contributed by atoms with Gasteiger partial charge in [0, 0.05) is 22.6 Å². The third kappa shape index (κ3) is 3.74. The van der Waals surface area contributed by atoms with E-state index >= 15 is 0 Å². The van der Waals surface area contributed by atoms with E-state index in [9.17, 15) is 5.11 Å². The molecule has 1 aliphatic heterocycles. The number of phenolic OH excluding ortho intramolecular Hbond substituents is 1. The van der Waals surface area contributed by atoms with Crippen molar-refractivity contribution in [2.75, 3.05) is 11.1 Å². The van der Waals surface area contributed by atoms with Crippen LogP contribution in [0.1, 0.15) is 11.8 Å². The summed E-state index contributed by atoms with van der Waals surface area (Å²) in [6, 6.07) is 11.4. The fourth-order valence-electron chi connectivity index (χ4n) is 2.73. The highest BCUT2D eigenvalue weighted by molar-refractivity contribution is 9.11. The number of hydrogen-bond donors (Lipinski definition) is 2. The van der Waals surface area contributed by atoms with Crippen molar-refractivity contribution < 1.29 is 9.84 Å². The highest BCUT2D eigenvalue weighted by Gasteiger charge is 2.26. The number of nitrogens with one attached hydrogen (secondary N) is 1. The van der Waals surface area contributed by atoms with E-state index < -0.39 is 6.23 Å². The number of benzene rings is 2. The van der Waals surface area contributed by atoms with Gasteiger partial charge in [0.1, 0.15) is 5.75 Å². The number of rotatable bonds is 4. The van der Waals surface area contributed by atoms with Gasteiger partial charge in [-0.2, -0.15) is 4.98 Å². The van der Waals surface area contributed by atoms with Crippen molar-refractivity contribution in [2.24, 2.45) is 0 Å². The Morgan fingerprint density at radius 1 is 1.21 bits per heavy atom. The first-order valence-electron chi connectivity index (χ1n) is 8.25. The number of thioether (sulfide) groups is 1. The second-order valence-corrected chi connectivity index (χ2v) is 8.56. The third-order valence-electron chi connectivity index (χ3n) is 4.01. The Balaban J connectivity index is 1.82. The molecule has 2 aromatic carbocycles. The molecule has 0 amide bonds. The normalized spacial score (nSPS) is 14.9. The molecular weight excluding hydrogens is 508 g/mol. The standard InChI is InChI=1S/C19H14Br2N4O2S/c1-2-7-28-19-23-18-15(24-25-19)11-5-3-4-6-14(11)22-17(27-18)10-8-12(20)16(26)13(21)9-10/h2-6,8-9,17,22,26H,1,7H2/t17-/m0/s1. The van der Waals surface area contributed by atoms with Gasteiger partial charge in [-0.25, -0.2) is 0 Å². The highest BCUT2D eigenvalue weighted by atomic mass is 79.9. The molecule has 0 unspecified atom stereocenters. The van der Waals surface area contributed by atoms with Gasteiger partial charge in [0.15, 0.2) is 11.9 Å². The molecule has 0 saturated heterocycles. The van der Waals surface area contributed by atoms with E-state index in [1.165, 1.54) is 11.8 Å². The van der Waals surface area contributed by atoms with E-state index in [-0.39, 0.29) is 5.75 Å². The van der Waals surface area contributed by atoms with Crippen molar-refractivity contribution in [3.05, 3.63) is 63.6 Å². The lowest BCUT2D eigenvalue weighted by Gasteiger charge is -2.20. The molecule has 0 spiro atoms. The molecule has 2 heterocycles. The summed E-state index contributed by atoms with van der Waals surface area (Å²) >= 11 is 8.18. The van der Waals surface area contributed by atoms with Crippen molar-refractivity contribution in [1.29, 1.82) is 0 Å². The molecule has 0 aliphatic carbocycles. The number of phenols is 1. The molecule has 1 atom stereocenters. The molecule has 142 valence electrons.